The number of likely N-dealkylation sites (tertiary alicyclic amines) is 2. The molecule has 1 aromatic carbocycles. The third kappa shape index (κ3) is 5.35. The van der Waals surface area contributed by atoms with Crippen LogP contribution in [0.2, 0.25) is 0 Å². The number of carbonyl (C=O) groups is 1. The maximum absolute atomic E-state index is 12.2. The van der Waals surface area contributed by atoms with E-state index in [4.69, 9.17) is 9.97 Å². The van der Waals surface area contributed by atoms with Gasteiger partial charge in [-0.25, -0.2) is 9.97 Å². The number of fused-ring (bicyclic) bond motifs is 2. The van der Waals surface area contributed by atoms with Crippen LogP contribution >= 0.6 is 0 Å². The Labute approximate surface area is 217 Å². The fourth-order valence-corrected chi connectivity index (χ4v) is 6.35. The molecule has 36 heavy (non-hydrogen) atoms. The number of piperidine rings is 1. The highest BCUT2D eigenvalue weighted by molar-refractivity contribution is 5.97. The summed E-state index contributed by atoms with van der Waals surface area (Å²) < 4.78 is 0. The first-order valence-electron chi connectivity index (χ1n) is 14.1. The normalized spacial score (nSPS) is 24.4. The molecule has 1 aromatic heterocycles. The molecule has 0 radical (unpaired) electrons. The number of hydrogen-bond donors (Lipinski definition) is 0. The minimum absolute atomic E-state index is 0.0443. The molecule has 2 bridgehead atoms. The molecule has 0 N–H and O–H groups in total. The van der Waals surface area contributed by atoms with Gasteiger partial charge in [-0.05, 0) is 69.2 Å². The molecule has 0 saturated carbocycles. The molecule has 3 fully saturated rings. The minimum Gasteiger partial charge on any atom is -0.332 e. The molecule has 6 nitrogen and oxygen atoms in total. The van der Waals surface area contributed by atoms with E-state index < -0.39 is 0 Å². The van der Waals surface area contributed by atoms with Gasteiger partial charge in [0.05, 0.1) is 0 Å². The number of carbonyl (C=O) groups excluding carboxylic acids is 1. The predicted molar refractivity (Wildman–Crippen MR) is 146 cm³/mol. The van der Waals surface area contributed by atoms with Crippen LogP contribution in [-0.2, 0) is 6.54 Å². The van der Waals surface area contributed by atoms with Crippen molar-refractivity contribution >= 4 is 11.7 Å². The van der Waals surface area contributed by atoms with Crippen LogP contribution in [0.3, 0.4) is 0 Å². The topological polar surface area (TPSA) is 52.6 Å². The largest absolute Gasteiger partial charge is 0.332 e. The Balaban J connectivity index is 1.14. The van der Waals surface area contributed by atoms with Crippen LogP contribution in [0.15, 0.2) is 36.7 Å². The van der Waals surface area contributed by atoms with Gasteiger partial charge in [0, 0.05) is 61.6 Å². The molecular formula is C30H43N5O. The second-order valence-corrected chi connectivity index (χ2v) is 11.6. The van der Waals surface area contributed by atoms with Gasteiger partial charge in [-0.1, -0.05) is 45.0 Å². The van der Waals surface area contributed by atoms with Gasteiger partial charge in [0.1, 0.15) is 0 Å². The number of aromatic nitrogens is 2. The van der Waals surface area contributed by atoms with Crippen molar-refractivity contribution in [1.29, 1.82) is 0 Å². The second-order valence-electron chi connectivity index (χ2n) is 11.6. The van der Waals surface area contributed by atoms with Crippen molar-refractivity contribution < 1.29 is 4.79 Å². The van der Waals surface area contributed by atoms with Crippen LogP contribution in [0.1, 0.15) is 87.2 Å². The number of rotatable bonds is 8. The highest BCUT2D eigenvalue weighted by Gasteiger charge is 2.42. The van der Waals surface area contributed by atoms with Gasteiger partial charge in [0.25, 0.3) is 0 Å². The number of Topliss-reactive ketones (excluding diaryl/α,β-unsaturated/α-hetero) is 1. The monoisotopic (exact) mass is 489 g/mol. The van der Waals surface area contributed by atoms with Crippen molar-refractivity contribution in [3.63, 3.8) is 0 Å². The number of anilines is 1. The van der Waals surface area contributed by atoms with Crippen LogP contribution in [0, 0.1) is 5.92 Å². The van der Waals surface area contributed by atoms with Crippen molar-refractivity contribution in [2.24, 2.45) is 5.92 Å². The van der Waals surface area contributed by atoms with Crippen LogP contribution in [-0.4, -0.2) is 69.9 Å². The molecule has 3 aliphatic rings. The third-order valence-corrected chi connectivity index (χ3v) is 8.84. The molecule has 0 spiro atoms. The molecule has 0 aliphatic carbocycles. The maximum Gasteiger partial charge on any atom is 0.225 e. The number of benzene rings is 1. The molecule has 194 valence electrons. The van der Waals surface area contributed by atoms with E-state index in [0.717, 1.165) is 57.1 Å². The standard InChI is InChI=1S/C30H43N5O/c1-5-22(4)34-19-27-10-11-28(20-34)35(27)30-31-16-26(17-32-30)24-12-14-33(15-13-24)18-23-6-8-25(9-7-23)29(36)21(2)3/h6-9,16-17,21-22,24,27-28H,5,10-15,18-20H2,1-4H3. The van der Waals surface area contributed by atoms with Crippen molar-refractivity contribution in [2.45, 2.75) is 90.4 Å². The van der Waals surface area contributed by atoms with Gasteiger partial charge >= 0.3 is 0 Å². The zero-order valence-electron chi connectivity index (χ0n) is 22.6. The molecule has 5 rings (SSSR count). The molecular weight excluding hydrogens is 446 g/mol. The summed E-state index contributed by atoms with van der Waals surface area (Å²) in [4.78, 5) is 29.7. The number of hydrogen-bond acceptors (Lipinski definition) is 6. The van der Waals surface area contributed by atoms with Crippen molar-refractivity contribution in [3.05, 3.63) is 53.3 Å². The number of piperazine rings is 1. The van der Waals surface area contributed by atoms with Crippen LogP contribution < -0.4 is 4.90 Å². The quantitative estimate of drug-likeness (QED) is 0.478. The third-order valence-electron chi connectivity index (χ3n) is 8.84. The highest BCUT2D eigenvalue weighted by Crippen LogP contribution is 2.35. The lowest BCUT2D eigenvalue weighted by molar-refractivity contribution is 0.0939. The molecule has 3 atom stereocenters. The first-order chi connectivity index (χ1) is 17.4. The van der Waals surface area contributed by atoms with E-state index in [1.54, 1.807) is 0 Å². The van der Waals surface area contributed by atoms with E-state index in [1.165, 1.54) is 30.4 Å². The molecule has 2 aromatic rings. The Morgan fingerprint density at radius 2 is 1.56 bits per heavy atom. The van der Waals surface area contributed by atoms with E-state index >= 15 is 0 Å². The van der Waals surface area contributed by atoms with Crippen molar-refractivity contribution in [1.82, 2.24) is 19.8 Å². The maximum atomic E-state index is 12.2. The molecule has 3 aliphatic heterocycles. The summed E-state index contributed by atoms with van der Waals surface area (Å²) in [6.45, 7) is 14.0. The predicted octanol–water partition coefficient (Wildman–Crippen LogP) is 5.15. The van der Waals surface area contributed by atoms with Crippen LogP contribution in [0.25, 0.3) is 0 Å². The second kappa shape index (κ2) is 11.0. The zero-order valence-corrected chi connectivity index (χ0v) is 22.6. The fourth-order valence-electron chi connectivity index (χ4n) is 6.35. The Kier molecular flexibility index (Phi) is 7.73. The van der Waals surface area contributed by atoms with E-state index in [9.17, 15) is 4.79 Å². The average Bonchev–Trinajstić information content (AvgIpc) is 3.17. The molecule has 6 heteroatoms. The number of ketones is 1. The average molecular weight is 490 g/mol. The van der Waals surface area contributed by atoms with Gasteiger partial charge in [-0.3, -0.25) is 14.6 Å². The summed E-state index contributed by atoms with van der Waals surface area (Å²) >= 11 is 0. The Hall–Kier alpha value is -2.31. The SMILES string of the molecule is CCC(C)N1CC2CCC(C1)N2c1ncc(C2CCN(Cc3ccc(C(=O)C(C)C)cc3)CC2)cn1. The molecule has 4 heterocycles. The summed E-state index contributed by atoms with van der Waals surface area (Å²) in [5.74, 6) is 1.74. The Bertz CT molecular complexity index is 999. The molecule has 3 saturated heterocycles. The summed E-state index contributed by atoms with van der Waals surface area (Å²) in [7, 11) is 0. The van der Waals surface area contributed by atoms with Gasteiger partial charge in [0.2, 0.25) is 5.95 Å². The zero-order chi connectivity index (χ0) is 25.2. The van der Waals surface area contributed by atoms with Gasteiger partial charge < -0.3 is 4.90 Å². The van der Waals surface area contributed by atoms with Crippen LogP contribution in [0.5, 0.6) is 0 Å². The van der Waals surface area contributed by atoms with E-state index in [1.807, 2.05) is 26.0 Å². The van der Waals surface area contributed by atoms with E-state index in [2.05, 4.69) is 53.1 Å². The lowest BCUT2D eigenvalue weighted by Crippen LogP contribution is -2.56. The van der Waals surface area contributed by atoms with Gasteiger partial charge in [0.15, 0.2) is 5.78 Å². The smallest absolute Gasteiger partial charge is 0.225 e. The molecule has 3 unspecified atom stereocenters. The first-order valence-corrected chi connectivity index (χ1v) is 14.1. The lowest BCUT2D eigenvalue weighted by Gasteiger charge is -2.43. The summed E-state index contributed by atoms with van der Waals surface area (Å²) in [5, 5.41) is 0. The summed E-state index contributed by atoms with van der Waals surface area (Å²) in [6.07, 6.45) is 10.2. The van der Waals surface area contributed by atoms with Crippen molar-refractivity contribution in [3.8, 4) is 0 Å². The lowest BCUT2D eigenvalue weighted by atomic mass is 9.91. The summed E-state index contributed by atoms with van der Waals surface area (Å²) in [5.41, 5.74) is 3.39. The van der Waals surface area contributed by atoms with Crippen molar-refractivity contribution in [2.75, 3.05) is 31.1 Å². The minimum atomic E-state index is 0.0443. The molecule has 0 amide bonds. The van der Waals surface area contributed by atoms with E-state index in [-0.39, 0.29) is 11.7 Å². The fraction of sp³-hybridized carbons (Fsp3) is 0.633. The van der Waals surface area contributed by atoms with Gasteiger partial charge in [-0.2, -0.15) is 0 Å². The van der Waals surface area contributed by atoms with Gasteiger partial charge in [-0.15, -0.1) is 0 Å². The van der Waals surface area contributed by atoms with Crippen LogP contribution in [0.4, 0.5) is 5.95 Å². The Morgan fingerprint density at radius 1 is 0.944 bits per heavy atom. The highest BCUT2D eigenvalue weighted by atomic mass is 16.1. The first kappa shape index (κ1) is 25.3. The number of nitrogens with zero attached hydrogens (tertiary/aromatic N) is 5. The Morgan fingerprint density at radius 3 is 2.11 bits per heavy atom. The van der Waals surface area contributed by atoms with E-state index in [0.29, 0.717) is 24.0 Å². The summed E-state index contributed by atoms with van der Waals surface area (Å²) in [6, 6.07) is 9.99.